The average Bonchev–Trinajstić information content (AvgIpc) is 3.09. The lowest BCUT2D eigenvalue weighted by atomic mass is 9.79. The van der Waals surface area contributed by atoms with Gasteiger partial charge in [0.1, 0.15) is 5.75 Å². The molecule has 2 unspecified atom stereocenters. The standard InChI is InChI=1S/C24H31NO/c1-2-26-24-11-4-17(5-12-24)13-18-3-6-20-15-21(8-7-19(20)14-18)22-9-10-23(25)16-22/h4-5,7-8,11-12,15,18,22-23H,2-3,6,9-10,13-14,16,25H2,1H3/t18-,22?,23?/m1/s1. The molecular weight excluding hydrogens is 318 g/mol. The molecule has 26 heavy (non-hydrogen) atoms. The molecule has 3 atom stereocenters. The van der Waals surface area contributed by atoms with Crippen LogP contribution in [0.1, 0.15) is 60.8 Å². The van der Waals surface area contributed by atoms with Gasteiger partial charge >= 0.3 is 0 Å². The number of nitrogens with two attached hydrogens (primary N) is 1. The molecule has 2 aromatic carbocycles. The molecule has 138 valence electrons. The Morgan fingerprint density at radius 2 is 1.85 bits per heavy atom. The summed E-state index contributed by atoms with van der Waals surface area (Å²) in [6.07, 6.45) is 8.53. The van der Waals surface area contributed by atoms with Gasteiger partial charge in [-0.15, -0.1) is 0 Å². The number of hydrogen-bond acceptors (Lipinski definition) is 2. The summed E-state index contributed by atoms with van der Waals surface area (Å²) in [5.74, 6) is 2.42. The molecule has 1 saturated carbocycles. The van der Waals surface area contributed by atoms with E-state index in [1.165, 1.54) is 56.1 Å². The van der Waals surface area contributed by atoms with Crippen molar-refractivity contribution in [3.63, 3.8) is 0 Å². The number of aryl methyl sites for hydroxylation is 1. The largest absolute Gasteiger partial charge is 0.494 e. The minimum atomic E-state index is 0.412. The van der Waals surface area contributed by atoms with Crippen LogP contribution in [-0.4, -0.2) is 12.6 Å². The van der Waals surface area contributed by atoms with Crippen molar-refractivity contribution in [2.45, 2.75) is 63.8 Å². The van der Waals surface area contributed by atoms with E-state index in [0.29, 0.717) is 12.0 Å². The minimum absolute atomic E-state index is 0.412. The molecule has 2 aliphatic rings. The molecule has 2 N–H and O–H groups in total. The van der Waals surface area contributed by atoms with E-state index in [1.807, 2.05) is 6.92 Å². The Balaban J connectivity index is 1.40. The average molecular weight is 350 g/mol. The Kier molecular flexibility index (Phi) is 5.31. The van der Waals surface area contributed by atoms with Crippen molar-refractivity contribution < 1.29 is 4.74 Å². The molecule has 0 aromatic heterocycles. The van der Waals surface area contributed by atoms with Gasteiger partial charge in [0, 0.05) is 6.04 Å². The first-order valence-electron chi connectivity index (χ1n) is 10.3. The molecule has 0 bridgehead atoms. The van der Waals surface area contributed by atoms with Crippen molar-refractivity contribution in [2.75, 3.05) is 6.61 Å². The van der Waals surface area contributed by atoms with Gasteiger partial charge in [0.2, 0.25) is 0 Å². The van der Waals surface area contributed by atoms with Crippen LogP contribution in [-0.2, 0) is 19.3 Å². The number of ether oxygens (including phenoxy) is 1. The molecule has 2 aliphatic carbocycles. The smallest absolute Gasteiger partial charge is 0.119 e. The van der Waals surface area contributed by atoms with Crippen molar-refractivity contribution in [3.05, 3.63) is 64.7 Å². The van der Waals surface area contributed by atoms with Crippen molar-refractivity contribution in [3.8, 4) is 5.75 Å². The fourth-order valence-corrected chi connectivity index (χ4v) is 4.82. The third-order valence-corrected chi connectivity index (χ3v) is 6.26. The predicted molar refractivity (Wildman–Crippen MR) is 108 cm³/mol. The predicted octanol–water partition coefficient (Wildman–Crippen LogP) is 5.03. The summed E-state index contributed by atoms with van der Waals surface area (Å²) in [7, 11) is 0. The highest BCUT2D eigenvalue weighted by Gasteiger charge is 2.25. The fourth-order valence-electron chi connectivity index (χ4n) is 4.82. The van der Waals surface area contributed by atoms with E-state index in [-0.39, 0.29) is 0 Å². The Labute approximate surface area is 157 Å². The Morgan fingerprint density at radius 3 is 2.58 bits per heavy atom. The molecule has 2 nitrogen and oxygen atoms in total. The maximum atomic E-state index is 6.11. The van der Waals surface area contributed by atoms with Gasteiger partial charge in [0.15, 0.2) is 0 Å². The normalized spacial score (nSPS) is 25.1. The Morgan fingerprint density at radius 1 is 1.00 bits per heavy atom. The maximum Gasteiger partial charge on any atom is 0.119 e. The monoisotopic (exact) mass is 349 g/mol. The van der Waals surface area contributed by atoms with Crippen molar-refractivity contribution >= 4 is 0 Å². The lowest BCUT2D eigenvalue weighted by Crippen LogP contribution is -2.17. The number of rotatable bonds is 5. The molecule has 0 saturated heterocycles. The van der Waals surface area contributed by atoms with Gasteiger partial charge in [-0.25, -0.2) is 0 Å². The van der Waals surface area contributed by atoms with Crippen LogP contribution in [0.4, 0.5) is 0 Å². The first-order valence-corrected chi connectivity index (χ1v) is 10.3. The Hall–Kier alpha value is -1.80. The zero-order valence-corrected chi connectivity index (χ0v) is 15.9. The molecular formula is C24H31NO. The number of benzene rings is 2. The van der Waals surface area contributed by atoms with Crippen LogP contribution in [0.2, 0.25) is 0 Å². The zero-order valence-electron chi connectivity index (χ0n) is 15.9. The van der Waals surface area contributed by atoms with E-state index in [4.69, 9.17) is 10.5 Å². The Bertz CT molecular complexity index is 736. The minimum Gasteiger partial charge on any atom is -0.494 e. The van der Waals surface area contributed by atoms with Crippen LogP contribution in [0.3, 0.4) is 0 Å². The highest BCUT2D eigenvalue weighted by molar-refractivity contribution is 5.37. The summed E-state index contributed by atoms with van der Waals surface area (Å²) in [6.45, 7) is 2.76. The van der Waals surface area contributed by atoms with E-state index in [9.17, 15) is 0 Å². The van der Waals surface area contributed by atoms with Gasteiger partial charge in [-0.2, -0.15) is 0 Å². The van der Waals surface area contributed by atoms with Gasteiger partial charge in [0.05, 0.1) is 6.61 Å². The van der Waals surface area contributed by atoms with Gasteiger partial charge < -0.3 is 10.5 Å². The van der Waals surface area contributed by atoms with Crippen LogP contribution in [0.5, 0.6) is 5.75 Å². The number of fused-ring (bicyclic) bond motifs is 1. The van der Waals surface area contributed by atoms with E-state index in [2.05, 4.69) is 42.5 Å². The summed E-state index contributed by atoms with van der Waals surface area (Å²) >= 11 is 0. The van der Waals surface area contributed by atoms with Gasteiger partial charge in [-0.1, -0.05) is 30.3 Å². The van der Waals surface area contributed by atoms with Crippen LogP contribution in [0, 0.1) is 5.92 Å². The highest BCUT2D eigenvalue weighted by atomic mass is 16.5. The number of hydrogen-bond donors (Lipinski definition) is 1. The molecule has 0 aliphatic heterocycles. The van der Waals surface area contributed by atoms with Crippen LogP contribution in [0.25, 0.3) is 0 Å². The summed E-state index contributed by atoms with van der Waals surface area (Å²) in [4.78, 5) is 0. The second-order valence-corrected chi connectivity index (χ2v) is 8.19. The van der Waals surface area contributed by atoms with Gasteiger partial charge in [0.25, 0.3) is 0 Å². The first kappa shape index (κ1) is 17.6. The topological polar surface area (TPSA) is 35.2 Å². The van der Waals surface area contributed by atoms with Crippen LogP contribution < -0.4 is 10.5 Å². The summed E-state index contributed by atoms with van der Waals surface area (Å²) in [5, 5.41) is 0. The van der Waals surface area contributed by atoms with E-state index < -0.39 is 0 Å². The molecule has 0 spiro atoms. The quantitative estimate of drug-likeness (QED) is 0.822. The van der Waals surface area contributed by atoms with Crippen LogP contribution in [0.15, 0.2) is 42.5 Å². The van der Waals surface area contributed by atoms with Crippen molar-refractivity contribution in [1.82, 2.24) is 0 Å². The van der Waals surface area contributed by atoms with E-state index in [0.717, 1.165) is 18.3 Å². The molecule has 0 radical (unpaired) electrons. The summed E-state index contributed by atoms with van der Waals surface area (Å²) in [5.41, 5.74) is 12.2. The van der Waals surface area contributed by atoms with E-state index >= 15 is 0 Å². The third kappa shape index (κ3) is 3.96. The first-order chi connectivity index (χ1) is 12.7. The summed E-state index contributed by atoms with van der Waals surface area (Å²) < 4.78 is 5.55. The highest BCUT2D eigenvalue weighted by Crippen LogP contribution is 2.36. The van der Waals surface area contributed by atoms with E-state index in [1.54, 1.807) is 11.1 Å². The zero-order chi connectivity index (χ0) is 17.9. The fraction of sp³-hybridized carbons (Fsp3) is 0.500. The molecule has 0 heterocycles. The van der Waals surface area contributed by atoms with Gasteiger partial charge in [-0.3, -0.25) is 0 Å². The molecule has 1 fully saturated rings. The molecule has 4 rings (SSSR count). The molecule has 0 amide bonds. The second kappa shape index (κ2) is 7.84. The lowest BCUT2D eigenvalue weighted by Gasteiger charge is -2.26. The maximum absolute atomic E-state index is 6.11. The molecule has 2 heteroatoms. The lowest BCUT2D eigenvalue weighted by molar-refractivity contribution is 0.340. The van der Waals surface area contributed by atoms with Crippen LogP contribution >= 0.6 is 0 Å². The third-order valence-electron chi connectivity index (χ3n) is 6.26. The second-order valence-electron chi connectivity index (χ2n) is 8.19. The van der Waals surface area contributed by atoms with Crippen molar-refractivity contribution in [1.29, 1.82) is 0 Å². The van der Waals surface area contributed by atoms with Crippen molar-refractivity contribution in [2.24, 2.45) is 11.7 Å². The molecule has 2 aromatic rings. The SMILES string of the molecule is CCOc1ccc(C[C@H]2CCc3cc(C4CCC(N)C4)ccc3C2)cc1. The van der Waals surface area contributed by atoms with Gasteiger partial charge in [-0.05, 0) is 98.1 Å². The summed E-state index contributed by atoms with van der Waals surface area (Å²) in [6, 6.07) is 16.3.